The summed E-state index contributed by atoms with van der Waals surface area (Å²) in [6.45, 7) is 0. The number of H-pyrrole nitrogens is 1. The Bertz CT molecular complexity index is 754. The number of aromatic nitrogens is 2. The van der Waals surface area contributed by atoms with E-state index in [9.17, 15) is 0 Å². The van der Waals surface area contributed by atoms with Gasteiger partial charge in [0, 0.05) is 0 Å². The van der Waals surface area contributed by atoms with E-state index in [-0.39, 0.29) is 6.10 Å². The van der Waals surface area contributed by atoms with Crippen molar-refractivity contribution in [1.82, 2.24) is 9.55 Å². The number of nitrogens with one attached hydrogen (secondary N) is 1. The third-order valence-electron chi connectivity index (χ3n) is 4.28. The summed E-state index contributed by atoms with van der Waals surface area (Å²) in [7, 11) is 0. The van der Waals surface area contributed by atoms with Crippen molar-refractivity contribution < 1.29 is 4.74 Å². The molecule has 2 aliphatic rings. The van der Waals surface area contributed by atoms with Gasteiger partial charge in [0.15, 0.2) is 4.77 Å². The molecule has 1 aromatic carbocycles. The second kappa shape index (κ2) is 3.92. The first kappa shape index (κ1) is 11.2. The molecule has 1 N–H and O–H groups in total. The Labute approximate surface area is 115 Å². The molecule has 0 aliphatic carbocycles. The lowest BCUT2D eigenvalue weighted by Gasteiger charge is -2.20. The molecule has 2 bridgehead atoms. The zero-order valence-corrected chi connectivity index (χ0v) is 11.1. The van der Waals surface area contributed by atoms with Crippen LogP contribution in [-0.4, -0.2) is 21.8 Å². The fourth-order valence-corrected chi connectivity index (χ4v) is 3.79. The summed E-state index contributed by atoms with van der Waals surface area (Å²) in [6.07, 6.45) is 3.98. The molecule has 3 atom stereocenters. The number of aromatic amines is 1. The van der Waals surface area contributed by atoms with Gasteiger partial charge in [0.1, 0.15) is 6.07 Å². The van der Waals surface area contributed by atoms with Crippen molar-refractivity contribution in [2.75, 3.05) is 0 Å². The lowest BCUT2D eigenvalue weighted by molar-refractivity contribution is 0.0941. The maximum atomic E-state index is 9.17. The summed E-state index contributed by atoms with van der Waals surface area (Å²) in [5, 5.41) is 9.17. The van der Waals surface area contributed by atoms with Crippen LogP contribution < -0.4 is 0 Å². The highest BCUT2D eigenvalue weighted by atomic mass is 32.1. The van der Waals surface area contributed by atoms with Crippen LogP contribution in [-0.2, 0) is 4.74 Å². The maximum absolute atomic E-state index is 9.17. The van der Waals surface area contributed by atoms with Crippen LogP contribution in [0, 0.1) is 16.1 Å². The average Bonchev–Trinajstić information content (AvgIpc) is 3.09. The second-order valence-electron chi connectivity index (χ2n) is 5.29. The molecule has 2 aromatic rings. The Balaban J connectivity index is 1.93. The number of benzene rings is 1. The molecular weight excluding hydrogens is 258 g/mol. The van der Waals surface area contributed by atoms with Crippen LogP contribution in [0.25, 0.3) is 11.0 Å². The fourth-order valence-electron chi connectivity index (χ4n) is 3.45. The molecule has 2 fully saturated rings. The van der Waals surface area contributed by atoms with E-state index in [4.69, 9.17) is 22.2 Å². The minimum absolute atomic E-state index is 0.279. The molecule has 5 heteroatoms. The van der Waals surface area contributed by atoms with Crippen molar-refractivity contribution in [1.29, 1.82) is 5.26 Å². The van der Waals surface area contributed by atoms with Gasteiger partial charge < -0.3 is 14.3 Å². The summed E-state index contributed by atoms with van der Waals surface area (Å²) in [4.78, 5) is 3.18. The van der Waals surface area contributed by atoms with Crippen LogP contribution in [0.5, 0.6) is 0 Å². The zero-order chi connectivity index (χ0) is 13.0. The highest BCUT2D eigenvalue weighted by Crippen LogP contribution is 2.43. The van der Waals surface area contributed by atoms with Crippen molar-refractivity contribution in [2.45, 2.75) is 37.5 Å². The molecule has 96 valence electrons. The standard InChI is InChI=1S/C14H13N3OS/c15-7-8-2-1-3-10-13(8)16-14(19)17(10)11-6-9-4-5-12(11)18-9/h1-3,9,11-12H,4-6H2,(H,16,19). The molecule has 3 unspecified atom stereocenters. The normalized spacial score (nSPS) is 28.9. The van der Waals surface area contributed by atoms with Gasteiger partial charge in [-0.15, -0.1) is 0 Å². The number of imidazole rings is 1. The number of ether oxygens (including phenoxy) is 1. The number of rotatable bonds is 1. The third kappa shape index (κ3) is 1.50. The number of nitriles is 1. The Morgan fingerprint density at radius 3 is 3.00 bits per heavy atom. The predicted molar refractivity (Wildman–Crippen MR) is 73.4 cm³/mol. The van der Waals surface area contributed by atoms with Crippen LogP contribution in [0.2, 0.25) is 0 Å². The quantitative estimate of drug-likeness (QED) is 0.811. The summed E-state index contributed by atoms with van der Waals surface area (Å²) >= 11 is 5.46. The Kier molecular flexibility index (Phi) is 2.32. The van der Waals surface area contributed by atoms with Crippen LogP contribution in [0.4, 0.5) is 0 Å². The Morgan fingerprint density at radius 2 is 2.32 bits per heavy atom. The monoisotopic (exact) mass is 271 g/mol. The Hall–Kier alpha value is -1.64. The second-order valence-corrected chi connectivity index (χ2v) is 5.68. The highest BCUT2D eigenvalue weighted by molar-refractivity contribution is 7.71. The van der Waals surface area contributed by atoms with Gasteiger partial charge in [0.05, 0.1) is 34.8 Å². The molecular formula is C14H13N3OS. The molecule has 2 saturated heterocycles. The van der Waals surface area contributed by atoms with Gasteiger partial charge in [-0.3, -0.25) is 0 Å². The third-order valence-corrected chi connectivity index (χ3v) is 4.58. The van der Waals surface area contributed by atoms with E-state index in [1.165, 1.54) is 6.42 Å². The van der Waals surface area contributed by atoms with E-state index < -0.39 is 0 Å². The van der Waals surface area contributed by atoms with Gasteiger partial charge in [-0.2, -0.15) is 5.26 Å². The van der Waals surface area contributed by atoms with Crippen molar-refractivity contribution in [3.8, 4) is 6.07 Å². The van der Waals surface area contributed by atoms with Gasteiger partial charge in [-0.25, -0.2) is 0 Å². The van der Waals surface area contributed by atoms with Crippen molar-refractivity contribution >= 4 is 23.3 Å². The van der Waals surface area contributed by atoms with Crippen LogP contribution in [0.3, 0.4) is 0 Å². The van der Waals surface area contributed by atoms with Gasteiger partial charge >= 0.3 is 0 Å². The van der Waals surface area contributed by atoms with Crippen LogP contribution in [0.15, 0.2) is 18.2 Å². The van der Waals surface area contributed by atoms with Gasteiger partial charge in [-0.1, -0.05) is 6.07 Å². The molecule has 0 amide bonds. The smallest absolute Gasteiger partial charge is 0.178 e. The summed E-state index contributed by atoms with van der Waals surface area (Å²) in [5.74, 6) is 0. The number of nitrogens with zero attached hydrogens (tertiary/aromatic N) is 2. The highest BCUT2D eigenvalue weighted by Gasteiger charge is 2.42. The van der Waals surface area contributed by atoms with Gasteiger partial charge in [-0.05, 0) is 43.6 Å². The minimum Gasteiger partial charge on any atom is -0.373 e. The number of hydrogen-bond acceptors (Lipinski definition) is 3. The summed E-state index contributed by atoms with van der Waals surface area (Å²) < 4.78 is 8.76. The van der Waals surface area contributed by atoms with E-state index in [1.54, 1.807) is 0 Å². The molecule has 3 heterocycles. The topological polar surface area (TPSA) is 53.7 Å². The summed E-state index contributed by atoms with van der Waals surface area (Å²) in [6, 6.07) is 8.27. The number of hydrogen-bond donors (Lipinski definition) is 1. The van der Waals surface area contributed by atoms with Crippen LogP contribution >= 0.6 is 12.2 Å². The molecule has 1 aromatic heterocycles. The number of fused-ring (bicyclic) bond motifs is 3. The van der Waals surface area contributed by atoms with Crippen molar-refractivity contribution in [3.05, 3.63) is 28.5 Å². The molecule has 0 saturated carbocycles. The molecule has 4 rings (SSSR count). The van der Waals surface area contributed by atoms with Crippen LogP contribution in [0.1, 0.15) is 30.9 Å². The summed E-state index contributed by atoms with van der Waals surface area (Å²) in [5.41, 5.74) is 2.51. The molecule has 2 aliphatic heterocycles. The average molecular weight is 271 g/mol. The van der Waals surface area contributed by atoms with E-state index in [1.807, 2.05) is 18.2 Å². The first-order valence-corrected chi connectivity index (χ1v) is 6.97. The van der Waals surface area contributed by atoms with E-state index >= 15 is 0 Å². The maximum Gasteiger partial charge on any atom is 0.178 e. The first-order valence-electron chi connectivity index (χ1n) is 6.56. The van der Waals surface area contributed by atoms with Gasteiger partial charge in [0.25, 0.3) is 0 Å². The molecule has 0 radical (unpaired) electrons. The first-order chi connectivity index (χ1) is 9.28. The number of para-hydroxylation sites is 1. The molecule has 19 heavy (non-hydrogen) atoms. The predicted octanol–water partition coefficient (Wildman–Crippen LogP) is 3.06. The fraction of sp³-hybridized carbons (Fsp3) is 0.429. The van der Waals surface area contributed by atoms with Gasteiger partial charge in [0.2, 0.25) is 0 Å². The zero-order valence-electron chi connectivity index (χ0n) is 10.3. The SMILES string of the molecule is N#Cc1cccc2c1[nH]c(=S)n2C1CC2CCC1O2. The van der Waals surface area contributed by atoms with E-state index in [0.717, 1.165) is 23.9 Å². The van der Waals surface area contributed by atoms with E-state index in [2.05, 4.69) is 15.6 Å². The molecule has 4 nitrogen and oxygen atoms in total. The Morgan fingerprint density at radius 1 is 1.42 bits per heavy atom. The molecule has 0 spiro atoms. The minimum atomic E-state index is 0.279. The van der Waals surface area contributed by atoms with Crippen molar-refractivity contribution in [2.24, 2.45) is 0 Å². The largest absolute Gasteiger partial charge is 0.373 e. The lowest BCUT2D eigenvalue weighted by atomic mass is 9.95. The van der Waals surface area contributed by atoms with Crippen molar-refractivity contribution in [3.63, 3.8) is 0 Å². The van der Waals surface area contributed by atoms with E-state index in [0.29, 0.717) is 22.5 Å². The lowest BCUT2D eigenvalue weighted by Crippen LogP contribution is -2.20.